The summed E-state index contributed by atoms with van der Waals surface area (Å²) in [6.07, 6.45) is 1.62. The molecule has 3 rings (SSSR count). The summed E-state index contributed by atoms with van der Waals surface area (Å²) in [5.74, 6) is 0.561. The first-order chi connectivity index (χ1) is 13.1. The zero-order chi connectivity index (χ0) is 20.6. The van der Waals surface area contributed by atoms with E-state index < -0.39 is 9.73 Å². The number of aromatic nitrogens is 1. The van der Waals surface area contributed by atoms with Gasteiger partial charge in [0.25, 0.3) is 0 Å². The third-order valence-corrected chi connectivity index (χ3v) is 6.34. The number of benzene rings is 2. The molecule has 0 saturated carbocycles. The molecule has 0 radical (unpaired) electrons. The molecule has 148 valence electrons. The van der Waals surface area contributed by atoms with Gasteiger partial charge in [0, 0.05) is 23.0 Å². The van der Waals surface area contributed by atoms with E-state index in [9.17, 15) is 8.60 Å². The Labute approximate surface area is 165 Å². The summed E-state index contributed by atoms with van der Waals surface area (Å²) < 4.78 is 30.6. The SMILES string of the molecule is CCS(C)(=O)=Nc1nc(C(C)C)c(-c2ccc(F)cc2)c2cc(N)c(N)cc12. The van der Waals surface area contributed by atoms with Gasteiger partial charge in [0.2, 0.25) is 0 Å². The zero-order valence-electron chi connectivity index (χ0n) is 16.5. The van der Waals surface area contributed by atoms with Crippen LogP contribution >= 0.6 is 0 Å². The number of halogens is 1. The van der Waals surface area contributed by atoms with E-state index in [1.165, 1.54) is 12.1 Å². The summed E-state index contributed by atoms with van der Waals surface area (Å²) >= 11 is 0. The molecule has 0 amide bonds. The van der Waals surface area contributed by atoms with E-state index in [0.29, 0.717) is 28.3 Å². The maximum Gasteiger partial charge on any atom is 0.169 e. The molecule has 0 fully saturated rings. The second kappa shape index (κ2) is 7.39. The number of anilines is 2. The smallest absolute Gasteiger partial charge is 0.169 e. The van der Waals surface area contributed by atoms with E-state index >= 15 is 0 Å². The zero-order valence-corrected chi connectivity index (χ0v) is 17.3. The molecule has 1 aromatic heterocycles. The van der Waals surface area contributed by atoms with Crippen molar-refractivity contribution in [1.82, 2.24) is 4.98 Å². The molecule has 4 N–H and O–H groups in total. The lowest BCUT2D eigenvalue weighted by molar-refractivity contribution is 0.628. The molecule has 1 heterocycles. The minimum absolute atomic E-state index is 0.0618. The first-order valence-corrected chi connectivity index (χ1v) is 11.2. The Balaban J connectivity index is 2.51. The van der Waals surface area contributed by atoms with Crippen molar-refractivity contribution in [2.24, 2.45) is 4.36 Å². The number of hydrogen-bond acceptors (Lipinski definition) is 5. The Morgan fingerprint density at radius 1 is 1.11 bits per heavy atom. The second-order valence-corrected chi connectivity index (χ2v) is 9.90. The van der Waals surface area contributed by atoms with Gasteiger partial charge < -0.3 is 11.5 Å². The number of nitrogens with zero attached hydrogens (tertiary/aromatic N) is 2. The fourth-order valence-electron chi connectivity index (χ4n) is 3.05. The number of hydrogen-bond donors (Lipinski definition) is 2. The number of pyridine rings is 1. The first-order valence-electron chi connectivity index (χ1n) is 9.11. The largest absolute Gasteiger partial charge is 0.397 e. The summed E-state index contributed by atoms with van der Waals surface area (Å²) in [6, 6.07) is 9.78. The lowest BCUT2D eigenvalue weighted by Gasteiger charge is -2.18. The molecule has 0 aliphatic carbocycles. The second-order valence-electron chi connectivity index (χ2n) is 7.22. The van der Waals surface area contributed by atoms with Crippen LogP contribution in [0.3, 0.4) is 0 Å². The van der Waals surface area contributed by atoms with Crippen LogP contribution in [0.4, 0.5) is 21.6 Å². The van der Waals surface area contributed by atoms with Gasteiger partial charge in [-0.05, 0) is 41.1 Å². The van der Waals surface area contributed by atoms with Crippen LogP contribution in [0.1, 0.15) is 32.4 Å². The van der Waals surface area contributed by atoms with Gasteiger partial charge in [0.05, 0.1) is 26.8 Å². The Morgan fingerprint density at radius 3 is 2.21 bits per heavy atom. The Bertz CT molecular complexity index is 1160. The minimum Gasteiger partial charge on any atom is -0.397 e. The van der Waals surface area contributed by atoms with Crippen molar-refractivity contribution in [2.45, 2.75) is 26.7 Å². The van der Waals surface area contributed by atoms with Crippen molar-refractivity contribution in [3.05, 3.63) is 47.9 Å². The van der Waals surface area contributed by atoms with E-state index in [1.807, 2.05) is 20.8 Å². The number of nitrogens with two attached hydrogens (primary N) is 2. The standard InChI is InChI=1S/C21H25FN4OS/c1-5-28(4,27)26-21-16-11-18(24)17(23)10-15(16)19(20(25-21)12(2)3)13-6-8-14(22)9-7-13/h6-12H,5,23-24H2,1-4H3. The van der Waals surface area contributed by atoms with E-state index in [0.717, 1.165) is 22.2 Å². The van der Waals surface area contributed by atoms with Crippen LogP contribution in [0.2, 0.25) is 0 Å². The van der Waals surface area contributed by atoms with Crippen LogP contribution < -0.4 is 11.5 Å². The van der Waals surface area contributed by atoms with Gasteiger partial charge in [0.1, 0.15) is 5.82 Å². The van der Waals surface area contributed by atoms with Crippen LogP contribution in [0, 0.1) is 5.82 Å². The number of rotatable bonds is 4. The summed E-state index contributed by atoms with van der Waals surface area (Å²) in [7, 11) is -2.42. The summed E-state index contributed by atoms with van der Waals surface area (Å²) in [4.78, 5) is 4.77. The van der Waals surface area contributed by atoms with E-state index in [-0.39, 0.29) is 11.7 Å². The fourth-order valence-corrected chi connectivity index (χ4v) is 3.68. The third kappa shape index (κ3) is 3.80. The highest BCUT2D eigenvalue weighted by Gasteiger charge is 2.19. The average molecular weight is 401 g/mol. The van der Waals surface area contributed by atoms with Gasteiger partial charge in [0.15, 0.2) is 5.82 Å². The summed E-state index contributed by atoms with van der Waals surface area (Å²) in [5.41, 5.74) is 15.5. The minimum atomic E-state index is -2.42. The van der Waals surface area contributed by atoms with Gasteiger partial charge in [-0.25, -0.2) is 13.6 Å². The van der Waals surface area contributed by atoms with E-state index in [1.54, 1.807) is 30.5 Å². The molecule has 7 heteroatoms. The topological polar surface area (TPSA) is 94.4 Å². The Hall–Kier alpha value is -2.67. The first kappa shape index (κ1) is 20.1. The molecule has 1 unspecified atom stereocenters. The van der Waals surface area contributed by atoms with Crippen molar-refractivity contribution in [3.8, 4) is 11.1 Å². The predicted molar refractivity (Wildman–Crippen MR) is 117 cm³/mol. The molecule has 0 aliphatic rings. The fraction of sp³-hybridized carbons (Fsp3) is 0.286. The van der Waals surface area contributed by atoms with Crippen molar-refractivity contribution in [1.29, 1.82) is 0 Å². The summed E-state index contributed by atoms with van der Waals surface area (Å²) in [6.45, 7) is 5.88. The molecule has 0 aliphatic heterocycles. The van der Waals surface area contributed by atoms with Gasteiger partial charge in [-0.15, -0.1) is 0 Å². The van der Waals surface area contributed by atoms with Crippen LogP contribution in [0.25, 0.3) is 21.9 Å². The molecule has 0 saturated heterocycles. The number of fused-ring (bicyclic) bond motifs is 1. The molecule has 0 spiro atoms. The maximum absolute atomic E-state index is 13.5. The highest BCUT2D eigenvalue weighted by molar-refractivity contribution is 7.93. The monoisotopic (exact) mass is 400 g/mol. The molecular weight excluding hydrogens is 375 g/mol. The van der Waals surface area contributed by atoms with Crippen LogP contribution in [-0.4, -0.2) is 21.2 Å². The molecular formula is C21H25FN4OS. The average Bonchev–Trinajstić information content (AvgIpc) is 2.63. The normalized spacial score (nSPS) is 13.6. The highest BCUT2D eigenvalue weighted by atomic mass is 32.2. The quantitative estimate of drug-likeness (QED) is 0.597. The summed E-state index contributed by atoms with van der Waals surface area (Å²) in [5, 5.41) is 1.49. The molecule has 0 bridgehead atoms. The third-order valence-electron chi connectivity index (χ3n) is 4.71. The Morgan fingerprint density at radius 2 is 1.68 bits per heavy atom. The van der Waals surface area contributed by atoms with Crippen LogP contribution in [0.5, 0.6) is 0 Å². The molecule has 5 nitrogen and oxygen atoms in total. The molecule has 3 aromatic rings. The predicted octanol–water partition coefficient (Wildman–Crippen LogP) is 5.08. The van der Waals surface area contributed by atoms with Gasteiger partial charge in [-0.3, -0.25) is 0 Å². The van der Waals surface area contributed by atoms with E-state index in [4.69, 9.17) is 16.5 Å². The molecule has 28 heavy (non-hydrogen) atoms. The lowest BCUT2D eigenvalue weighted by atomic mass is 9.92. The van der Waals surface area contributed by atoms with Crippen molar-refractivity contribution in [3.63, 3.8) is 0 Å². The van der Waals surface area contributed by atoms with Gasteiger partial charge >= 0.3 is 0 Å². The van der Waals surface area contributed by atoms with Crippen molar-refractivity contribution < 1.29 is 8.60 Å². The van der Waals surface area contributed by atoms with Crippen LogP contribution in [-0.2, 0) is 9.73 Å². The van der Waals surface area contributed by atoms with Crippen LogP contribution in [0.15, 0.2) is 40.8 Å². The van der Waals surface area contributed by atoms with Crippen molar-refractivity contribution >= 4 is 37.7 Å². The maximum atomic E-state index is 13.5. The molecule has 2 aromatic carbocycles. The van der Waals surface area contributed by atoms with Crippen molar-refractivity contribution in [2.75, 3.05) is 23.5 Å². The Kier molecular flexibility index (Phi) is 5.30. The molecule has 1 atom stereocenters. The van der Waals surface area contributed by atoms with E-state index in [2.05, 4.69) is 4.36 Å². The highest BCUT2D eigenvalue weighted by Crippen LogP contribution is 2.41. The lowest BCUT2D eigenvalue weighted by Crippen LogP contribution is -2.03. The van der Waals surface area contributed by atoms with Gasteiger partial charge in [-0.1, -0.05) is 32.9 Å². The van der Waals surface area contributed by atoms with Gasteiger partial charge in [-0.2, -0.15) is 4.36 Å². The number of nitrogen functional groups attached to an aromatic ring is 2.